The predicted molar refractivity (Wildman–Crippen MR) is 68.5 cm³/mol. The van der Waals surface area contributed by atoms with Gasteiger partial charge in [0.1, 0.15) is 17.5 Å². The first-order valence-electron chi connectivity index (χ1n) is 5.39. The normalized spacial score (nSPS) is 10.5. The van der Waals surface area contributed by atoms with Gasteiger partial charge in [-0.2, -0.15) is 0 Å². The van der Waals surface area contributed by atoms with Crippen LogP contribution in [0, 0.1) is 17.5 Å². The molecule has 0 saturated heterocycles. The lowest BCUT2D eigenvalue weighted by Crippen LogP contribution is -2.07. The molecule has 0 radical (unpaired) electrons. The number of ketones is 1. The van der Waals surface area contributed by atoms with Crippen LogP contribution >= 0.6 is 15.9 Å². The Hall–Kier alpha value is -1.62. The van der Waals surface area contributed by atoms with Gasteiger partial charge < -0.3 is 0 Å². The number of benzene rings is 2. The van der Waals surface area contributed by atoms with Crippen molar-refractivity contribution in [3.63, 3.8) is 0 Å². The van der Waals surface area contributed by atoms with Crippen LogP contribution in [0.25, 0.3) is 0 Å². The van der Waals surface area contributed by atoms with Crippen LogP contribution < -0.4 is 0 Å². The SMILES string of the molecule is O=C(Cc1cccc(F)c1)c1cc(F)c(Br)cc1F. The smallest absolute Gasteiger partial charge is 0.170 e. The highest BCUT2D eigenvalue weighted by Crippen LogP contribution is 2.21. The molecule has 0 aliphatic carbocycles. The lowest BCUT2D eigenvalue weighted by atomic mass is 10.0. The molecule has 0 aliphatic rings. The molecule has 5 heteroatoms. The van der Waals surface area contributed by atoms with Gasteiger partial charge in [0.25, 0.3) is 0 Å². The zero-order valence-electron chi connectivity index (χ0n) is 9.59. The van der Waals surface area contributed by atoms with Crippen LogP contribution in [-0.4, -0.2) is 5.78 Å². The van der Waals surface area contributed by atoms with Crippen LogP contribution in [0.2, 0.25) is 0 Å². The minimum absolute atomic E-state index is 0.0488. The molecule has 0 fully saturated rings. The highest BCUT2D eigenvalue weighted by Gasteiger charge is 2.15. The third-order valence-corrected chi connectivity index (χ3v) is 3.17. The molecule has 0 N–H and O–H groups in total. The molecule has 98 valence electrons. The molecule has 19 heavy (non-hydrogen) atoms. The molecule has 0 spiro atoms. The molecule has 0 aliphatic heterocycles. The van der Waals surface area contributed by atoms with Crippen molar-refractivity contribution in [2.75, 3.05) is 0 Å². The van der Waals surface area contributed by atoms with Crippen molar-refractivity contribution in [3.05, 3.63) is 69.4 Å². The van der Waals surface area contributed by atoms with Crippen LogP contribution in [-0.2, 0) is 6.42 Å². The number of carbonyl (C=O) groups is 1. The molecular weight excluding hydrogens is 321 g/mol. The van der Waals surface area contributed by atoms with Crippen molar-refractivity contribution < 1.29 is 18.0 Å². The molecule has 0 atom stereocenters. The monoisotopic (exact) mass is 328 g/mol. The molecule has 0 saturated carbocycles. The third kappa shape index (κ3) is 3.23. The third-order valence-electron chi connectivity index (χ3n) is 2.56. The summed E-state index contributed by atoms with van der Waals surface area (Å²) < 4.78 is 39.8. The maximum absolute atomic E-state index is 13.6. The van der Waals surface area contributed by atoms with Crippen LogP contribution in [0.15, 0.2) is 40.9 Å². The Bertz CT molecular complexity index is 641. The lowest BCUT2D eigenvalue weighted by molar-refractivity contribution is 0.0988. The van der Waals surface area contributed by atoms with E-state index in [1.54, 1.807) is 6.07 Å². The fraction of sp³-hybridized carbons (Fsp3) is 0.0714. The molecule has 2 rings (SSSR count). The van der Waals surface area contributed by atoms with Crippen molar-refractivity contribution in [1.29, 1.82) is 0 Å². The Kier molecular flexibility index (Phi) is 4.04. The largest absolute Gasteiger partial charge is 0.294 e. The molecule has 0 amide bonds. The summed E-state index contributed by atoms with van der Waals surface area (Å²) in [5.74, 6) is -2.61. The molecule has 0 bridgehead atoms. The maximum Gasteiger partial charge on any atom is 0.170 e. The van der Waals surface area contributed by atoms with Crippen LogP contribution in [0.4, 0.5) is 13.2 Å². The minimum atomic E-state index is -0.810. The summed E-state index contributed by atoms with van der Waals surface area (Å²) in [4.78, 5) is 11.9. The van der Waals surface area contributed by atoms with E-state index in [0.29, 0.717) is 5.56 Å². The molecule has 1 nitrogen and oxygen atoms in total. The van der Waals surface area contributed by atoms with E-state index in [1.807, 2.05) is 0 Å². The van der Waals surface area contributed by atoms with E-state index in [-0.39, 0.29) is 16.5 Å². The van der Waals surface area contributed by atoms with E-state index in [9.17, 15) is 18.0 Å². The van der Waals surface area contributed by atoms with E-state index in [1.165, 1.54) is 18.2 Å². The zero-order chi connectivity index (χ0) is 14.0. The second-order valence-corrected chi connectivity index (χ2v) is 4.83. The predicted octanol–water partition coefficient (Wildman–Crippen LogP) is 4.29. The van der Waals surface area contributed by atoms with Gasteiger partial charge in [-0.05, 0) is 45.8 Å². The van der Waals surface area contributed by atoms with Crippen LogP contribution in [0.3, 0.4) is 0 Å². The maximum atomic E-state index is 13.6. The van der Waals surface area contributed by atoms with Crippen LogP contribution in [0.5, 0.6) is 0 Å². The second-order valence-electron chi connectivity index (χ2n) is 3.98. The topological polar surface area (TPSA) is 17.1 Å². The minimum Gasteiger partial charge on any atom is -0.294 e. The zero-order valence-corrected chi connectivity index (χ0v) is 11.2. The van der Waals surface area contributed by atoms with E-state index in [4.69, 9.17) is 0 Å². The summed E-state index contributed by atoms with van der Waals surface area (Å²) in [5, 5.41) is 0. The molecule has 0 heterocycles. The Morgan fingerprint density at radius 3 is 2.47 bits per heavy atom. The van der Waals surface area contributed by atoms with Gasteiger partial charge >= 0.3 is 0 Å². The van der Waals surface area contributed by atoms with E-state index in [2.05, 4.69) is 15.9 Å². The molecule has 2 aromatic carbocycles. The van der Waals surface area contributed by atoms with Gasteiger partial charge in [-0.1, -0.05) is 12.1 Å². The first-order chi connectivity index (χ1) is 8.97. The number of carbonyl (C=O) groups excluding carboxylic acids is 1. The number of hydrogen-bond donors (Lipinski definition) is 0. The lowest BCUT2D eigenvalue weighted by Gasteiger charge is -2.05. The van der Waals surface area contributed by atoms with Gasteiger partial charge in [0.15, 0.2) is 5.78 Å². The van der Waals surface area contributed by atoms with Crippen molar-refractivity contribution in [3.8, 4) is 0 Å². The van der Waals surface area contributed by atoms with Gasteiger partial charge in [0, 0.05) is 6.42 Å². The van der Waals surface area contributed by atoms with E-state index in [0.717, 1.165) is 12.1 Å². The average molecular weight is 329 g/mol. The summed E-state index contributed by atoms with van der Waals surface area (Å²) in [6.07, 6.45) is -0.185. The summed E-state index contributed by atoms with van der Waals surface area (Å²) in [7, 11) is 0. The molecule has 2 aromatic rings. The summed E-state index contributed by atoms with van der Waals surface area (Å²) >= 11 is 2.83. The summed E-state index contributed by atoms with van der Waals surface area (Å²) in [6, 6.07) is 7.17. The second kappa shape index (κ2) is 5.57. The summed E-state index contributed by atoms with van der Waals surface area (Å²) in [5.41, 5.74) is 0.0673. The highest BCUT2D eigenvalue weighted by molar-refractivity contribution is 9.10. The van der Waals surface area contributed by atoms with Crippen LogP contribution in [0.1, 0.15) is 15.9 Å². The summed E-state index contributed by atoms with van der Waals surface area (Å²) in [6.45, 7) is 0. The van der Waals surface area contributed by atoms with Gasteiger partial charge in [0.2, 0.25) is 0 Å². The number of rotatable bonds is 3. The number of halogens is 4. The Labute approximate surface area is 116 Å². The van der Waals surface area contributed by atoms with E-state index < -0.39 is 23.2 Å². The fourth-order valence-corrected chi connectivity index (χ4v) is 1.98. The fourth-order valence-electron chi connectivity index (χ4n) is 1.66. The number of Topliss-reactive ketones (excluding diaryl/α,β-unsaturated/α-hetero) is 1. The van der Waals surface area contributed by atoms with Gasteiger partial charge in [-0.3, -0.25) is 4.79 Å². The number of hydrogen-bond acceptors (Lipinski definition) is 1. The Morgan fingerprint density at radius 1 is 1.05 bits per heavy atom. The average Bonchev–Trinajstić information content (AvgIpc) is 2.33. The first kappa shape index (κ1) is 13.8. The van der Waals surface area contributed by atoms with Gasteiger partial charge in [-0.15, -0.1) is 0 Å². The highest BCUT2D eigenvalue weighted by atomic mass is 79.9. The first-order valence-corrected chi connectivity index (χ1v) is 6.19. The van der Waals surface area contributed by atoms with Crippen molar-refractivity contribution in [1.82, 2.24) is 0 Å². The van der Waals surface area contributed by atoms with Crippen molar-refractivity contribution in [2.24, 2.45) is 0 Å². The molecule has 0 aromatic heterocycles. The quantitative estimate of drug-likeness (QED) is 0.606. The molecular formula is C14H8BrF3O. The Morgan fingerprint density at radius 2 is 1.79 bits per heavy atom. The standard InChI is InChI=1S/C14H8BrF3O/c15-11-7-12(17)10(6-13(11)18)14(19)5-8-2-1-3-9(16)4-8/h1-4,6-7H,5H2. The van der Waals surface area contributed by atoms with E-state index >= 15 is 0 Å². The Balaban J connectivity index is 2.28. The van der Waals surface area contributed by atoms with Crippen molar-refractivity contribution in [2.45, 2.75) is 6.42 Å². The molecule has 0 unspecified atom stereocenters. The van der Waals surface area contributed by atoms with Gasteiger partial charge in [0.05, 0.1) is 10.0 Å². The van der Waals surface area contributed by atoms with Crippen molar-refractivity contribution >= 4 is 21.7 Å². The van der Waals surface area contributed by atoms with Gasteiger partial charge in [-0.25, -0.2) is 13.2 Å².